The predicted molar refractivity (Wildman–Crippen MR) is 110 cm³/mol. The third-order valence-corrected chi connectivity index (χ3v) is 5.83. The van der Waals surface area contributed by atoms with E-state index in [-0.39, 0.29) is 11.4 Å². The number of amides is 1. The van der Waals surface area contributed by atoms with Gasteiger partial charge in [0, 0.05) is 31.7 Å². The summed E-state index contributed by atoms with van der Waals surface area (Å²) in [6.07, 6.45) is 1.85. The number of nitrogens with one attached hydrogen (secondary N) is 1. The summed E-state index contributed by atoms with van der Waals surface area (Å²) in [5, 5.41) is 3.92. The van der Waals surface area contributed by atoms with Gasteiger partial charge in [0.1, 0.15) is 0 Å². The average molecular weight is 389 g/mol. The lowest BCUT2D eigenvalue weighted by atomic mass is 10.0. The van der Waals surface area contributed by atoms with Crippen LogP contribution in [0.5, 0.6) is 0 Å². The van der Waals surface area contributed by atoms with E-state index in [2.05, 4.69) is 40.2 Å². The van der Waals surface area contributed by atoms with Crippen LogP contribution in [0.2, 0.25) is 0 Å². The molecular formula is C20H28N4O2S. The van der Waals surface area contributed by atoms with Crippen LogP contribution in [0.4, 0.5) is 0 Å². The molecule has 1 saturated heterocycles. The monoisotopic (exact) mass is 388 g/mol. The molecule has 0 bridgehead atoms. The third kappa shape index (κ3) is 4.91. The Morgan fingerprint density at radius 3 is 2.85 bits per heavy atom. The summed E-state index contributed by atoms with van der Waals surface area (Å²) in [5.41, 5.74) is 1.92. The second kappa shape index (κ2) is 8.91. The highest BCUT2D eigenvalue weighted by Gasteiger charge is 2.28. The Morgan fingerprint density at radius 2 is 2.11 bits per heavy atom. The maximum atomic E-state index is 12.4. The molecule has 7 heteroatoms. The fourth-order valence-electron chi connectivity index (χ4n) is 3.25. The molecule has 0 aliphatic carbocycles. The minimum Gasteiger partial charge on any atom is -0.379 e. The highest BCUT2D eigenvalue weighted by Crippen LogP contribution is 2.24. The van der Waals surface area contributed by atoms with Crippen molar-refractivity contribution in [3.05, 3.63) is 36.9 Å². The van der Waals surface area contributed by atoms with E-state index in [4.69, 9.17) is 4.74 Å². The van der Waals surface area contributed by atoms with Crippen LogP contribution in [-0.4, -0.2) is 64.5 Å². The number of benzene rings is 1. The van der Waals surface area contributed by atoms with E-state index >= 15 is 0 Å². The standard InChI is InChI=1S/C20H28N4O2S/c1-4-9-24-17-8-6-5-7-16(17)22-19(24)27-14-18(25)21-15-20(2,3)23-10-12-26-13-11-23/h4-8H,1,9-15H2,2-3H3,(H,21,25). The molecule has 1 aliphatic rings. The van der Waals surface area contributed by atoms with Gasteiger partial charge in [-0.2, -0.15) is 0 Å². The third-order valence-electron chi connectivity index (χ3n) is 4.85. The Hall–Kier alpha value is -1.83. The molecule has 0 saturated carbocycles. The maximum Gasteiger partial charge on any atom is 0.230 e. The second-order valence-electron chi connectivity index (χ2n) is 7.26. The molecule has 1 aliphatic heterocycles. The molecule has 0 unspecified atom stereocenters. The van der Waals surface area contributed by atoms with E-state index in [9.17, 15) is 4.79 Å². The molecule has 0 spiro atoms. The smallest absolute Gasteiger partial charge is 0.230 e. The van der Waals surface area contributed by atoms with Crippen LogP contribution in [0.25, 0.3) is 11.0 Å². The molecule has 146 valence electrons. The molecule has 0 radical (unpaired) electrons. The Kier molecular flexibility index (Phi) is 6.57. The van der Waals surface area contributed by atoms with Gasteiger partial charge in [0.2, 0.25) is 5.91 Å². The number of hydrogen-bond acceptors (Lipinski definition) is 5. The second-order valence-corrected chi connectivity index (χ2v) is 8.20. The fourth-order valence-corrected chi connectivity index (χ4v) is 4.10. The number of ether oxygens (including phenoxy) is 1. The van der Waals surface area contributed by atoms with Gasteiger partial charge in [-0.3, -0.25) is 9.69 Å². The molecule has 2 heterocycles. The molecule has 1 aromatic heterocycles. The molecule has 1 fully saturated rings. The Balaban J connectivity index is 1.57. The molecule has 27 heavy (non-hydrogen) atoms. The zero-order valence-electron chi connectivity index (χ0n) is 16.1. The van der Waals surface area contributed by atoms with E-state index in [0.717, 1.165) is 42.5 Å². The molecule has 2 aromatic rings. The molecule has 3 rings (SSSR count). The Bertz CT molecular complexity index is 796. The molecule has 1 N–H and O–H groups in total. The summed E-state index contributed by atoms with van der Waals surface area (Å²) < 4.78 is 7.51. The van der Waals surface area contributed by atoms with Crippen molar-refractivity contribution in [1.82, 2.24) is 19.8 Å². The maximum absolute atomic E-state index is 12.4. The van der Waals surface area contributed by atoms with Crippen LogP contribution < -0.4 is 5.32 Å². The van der Waals surface area contributed by atoms with E-state index < -0.39 is 0 Å². The predicted octanol–water partition coefficient (Wildman–Crippen LogP) is 2.54. The van der Waals surface area contributed by atoms with Gasteiger partial charge in [-0.1, -0.05) is 30.0 Å². The number of allylic oxidation sites excluding steroid dienone is 1. The van der Waals surface area contributed by atoms with Crippen molar-refractivity contribution in [2.24, 2.45) is 0 Å². The van der Waals surface area contributed by atoms with Gasteiger partial charge in [-0.05, 0) is 26.0 Å². The fraction of sp³-hybridized carbons (Fsp3) is 0.500. The Morgan fingerprint density at radius 1 is 1.37 bits per heavy atom. The van der Waals surface area contributed by atoms with Crippen molar-refractivity contribution in [2.75, 3.05) is 38.6 Å². The summed E-state index contributed by atoms with van der Waals surface area (Å²) in [6.45, 7) is 12.8. The zero-order valence-corrected chi connectivity index (χ0v) is 16.9. The van der Waals surface area contributed by atoms with Gasteiger partial charge in [-0.25, -0.2) is 4.98 Å². The van der Waals surface area contributed by atoms with Gasteiger partial charge in [0.25, 0.3) is 0 Å². The van der Waals surface area contributed by atoms with Crippen LogP contribution in [0, 0.1) is 0 Å². The summed E-state index contributed by atoms with van der Waals surface area (Å²) in [5.74, 6) is 0.373. The zero-order chi connectivity index (χ0) is 19.3. The van der Waals surface area contributed by atoms with Gasteiger partial charge in [-0.15, -0.1) is 6.58 Å². The lowest BCUT2D eigenvalue weighted by Crippen LogP contribution is -2.55. The van der Waals surface area contributed by atoms with Crippen molar-refractivity contribution < 1.29 is 9.53 Å². The van der Waals surface area contributed by atoms with Crippen molar-refractivity contribution in [2.45, 2.75) is 31.1 Å². The minimum atomic E-state index is -0.0832. The molecule has 0 atom stereocenters. The number of carbonyl (C=O) groups is 1. The number of thioether (sulfide) groups is 1. The number of fused-ring (bicyclic) bond motifs is 1. The van der Waals surface area contributed by atoms with Crippen molar-refractivity contribution >= 4 is 28.7 Å². The van der Waals surface area contributed by atoms with Crippen LogP contribution >= 0.6 is 11.8 Å². The minimum absolute atomic E-state index is 0.0264. The summed E-state index contributed by atoms with van der Waals surface area (Å²) in [4.78, 5) is 19.4. The first-order valence-electron chi connectivity index (χ1n) is 9.30. The highest BCUT2D eigenvalue weighted by atomic mass is 32.2. The first kappa shape index (κ1) is 19.9. The number of hydrogen-bond donors (Lipinski definition) is 1. The van der Waals surface area contributed by atoms with Crippen molar-refractivity contribution in [1.29, 1.82) is 0 Å². The van der Waals surface area contributed by atoms with Crippen LogP contribution in [0.1, 0.15) is 13.8 Å². The SMILES string of the molecule is C=CCn1c(SCC(=O)NCC(C)(C)N2CCOCC2)nc2ccccc21. The first-order chi connectivity index (χ1) is 13.0. The van der Waals surface area contributed by atoms with Gasteiger partial charge in [0.15, 0.2) is 5.16 Å². The molecule has 1 aromatic carbocycles. The van der Waals surface area contributed by atoms with E-state index in [0.29, 0.717) is 18.8 Å². The van der Waals surface area contributed by atoms with Crippen LogP contribution in [0.3, 0.4) is 0 Å². The number of nitrogens with zero attached hydrogens (tertiary/aromatic N) is 3. The van der Waals surface area contributed by atoms with E-state index in [1.54, 1.807) is 0 Å². The highest BCUT2D eigenvalue weighted by molar-refractivity contribution is 7.99. The Labute approximate surface area is 165 Å². The largest absolute Gasteiger partial charge is 0.379 e. The summed E-state index contributed by atoms with van der Waals surface area (Å²) in [6, 6.07) is 8.01. The number of aromatic nitrogens is 2. The average Bonchev–Trinajstić information content (AvgIpc) is 3.03. The van der Waals surface area contributed by atoms with Crippen LogP contribution in [0.15, 0.2) is 42.1 Å². The molecule has 1 amide bonds. The summed E-state index contributed by atoms with van der Waals surface area (Å²) in [7, 11) is 0. The quantitative estimate of drug-likeness (QED) is 0.556. The first-order valence-corrected chi connectivity index (χ1v) is 10.3. The van der Waals surface area contributed by atoms with E-state index in [1.165, 1.54) is 11.8 Å². The lowest BCUT2D eigenvalue weighted by molar-refractivity contribution is -0.119. The number of morpholine rings is 1. The number of para-hydroxylation sites is 2. The van der Waals surface area contributed by atoms with Gasteiger partial charge >= 0.3 is 0 Å². The number of carbonyl (C=O) groups excluding carboxylic acids is 1. The lowest BCUT2D eigenvalue weighted by Gasteiger charge is -2.40. The van der Waals surface area contributed by atoms with Gasteiger partial charge in [0.05, 0.1) is 30.0 Å². The number of rotatable bonds is 8. The summed E-state index contributed by atoms with van der Waals surface area (Å²) >= 11 is 1.47. The van der Waals surface area contributed by atoms with Gasteiger partial charge < -0.3 is 14.6 Å². The van der Waals surface area contributed by atoms with E-state index in [1.807, 2.05) is 30.3 Å². The molecule has 6 nitrogen and oxygen atoms in total. The normalized spacial score (nSPS) is 15.8. The van der Waals surface area contributed by atoms with Crippen LogP contribution in [-0.2, 0) is 16.1 Å². The number of imidazole rings is 1. The topological polar surface area (TPSA) is 59.4 Å². The van der Waals surface area contributed by atoms with Crippen molar-refractivity contribution in [3.63, 3.8) is 0 Å². The van der Waals surface area contributed by atoms with Crippen molar-refractivity contribution in [3.8, 4) is 0 Å². The molecular weight excluding hydrogens is 360 g/mol.